The number of H-pyrrole nitrogens is 1. The van der Waals surface area contributed by atoms with Gasteiger partial charge in [0.1, 0.15) is 6.33 Å². The zero-order valence-corrected chi connectivity index (χ0v) is 22.1. The van der Waals surface area contributed by atoms with E-state index in [0.29, 0.717) is 17.2 Å². The van der Waals surface area contributed by atoms with Crippen LogP contribution in [0, 0.1) is 0 Å². The molecule has 1 fully saturated rings. The second-order valence-corrected chi connectivity index (χ2v) is 11.7. The van der Waals surface area contributed by atoms with Gasteiger partial charge in [0.25, 0.3) is 0 Å². The summed E-state index contributed by atoms with van der Waals surface area (Å²) in [4.78, 5) is 20.3. The van der Waals surface area contributed by atoms with Gasteiger partial charge >= 0.3 is 6.09 Å². The van der Waals surface area contributed by atoms with Crippen LogP contribution in [0.15, 0.2) is 35.6 Å². The molecule has 194 valence electrons. The predicted octanol–water partition coefficient (Wildman–Crippen LogP) is 4.13. The van der Waals surface area contributed by atoms with Gasteiger partial charge in [0, 0.05) is 36.0 Å². The Hall–Kier alpha value is -3.03. The van der Waals surface area contributed by atoms with Gasteiger partial charge in [0.2, 0.25) is 16.0 Å². The van der Waals surface area contributed by atoms with E-state index in [-0.39, 0.29) is 35.6 Å². The van der Waals surface area contributed by atoms with Gasteiger partial charge in [-0.2, -0.15) is 0 Å². The molecule has 3 aromatic rings. The van der Waals surface area contributed by atoms with E-state index in [0.717, 1.165) is 35.6 Å². The number of carbonyl (C=O) groups excluding carboxylic acids is 1. The standard InChI is InChI=1S/C23H31N7O4S2/c1-4-27-36(32,33)20-11-17(28-22-25-13-26-30-22)9-10-18(20)19-12-24-21(35-19)15-5-7-16(8-6-15)29-23(31)34-14(2)3/h9-16,27H,4-8H2,1-3H3,(H,29,31)(H2,25,26,28,30)/t15-,16-. The van der Waals surface area contributed by atoms with E-state index in [4.69, 9.17) is 4.74 Å². The number of hydrogen-bond acceptors (Lipinski definition) is 9. The molecule has 0 saturated heterocycles. The van der Waals surface area contributed by atoms with Crippen LogP contribution in [0.1, 0.15) is 57.4 Å². The van der Waals surface area contributed by atoms with E-state index in [1.165, 1.54) is 17.7 Å². The maximum absolute atomic E-state index is 13.0. The maximum Gasteiger partial charge on any atom is 0.407 e. The maximum atomic E-state index is 13.0. The van der Waals surface area contributed by atoms with Crippen LogP contribution < -0.4 is 15.4 Å². The molecule has 1 aliphatic carbocycles. The molecular weight excluding hydrogens is 502 g/mol. The van der Waals surface area contributed by atoms with Gasteiger partial charge in [0.15, 0.2) is 0 Å². The van der Waals surface area contributed by atoms with E-state index in [1.54, 1.807) is 31.3 Å². The van der Waals surface area contributed by atoms with E-state index in [9.17, 15) is 13.2 Å². The molecule has 0 aliphatic heterocycles. The molecule has 11 nitrogen and oxygen atoms in total. The molecule has 13 heteroatoms. The van der Waals surface area contributed by atoms with E-state index in [2.05, 4.69) is 35.5 Å². The third-order valence-corrected chi connectivity index (χ3v) is 8.59. The molecule has 1 aliphatic rings. The first kappa shape index (κ1) is 26.0. The molecular formula is C23H31N7O4S2. The number of carbonyl (C=O) groups is 1. The summed E-state index contributed by atoms with van der Waals surface area (Å²) in [6.07, 6.45) is 6.12. The first-order valence-electron chi connectivity index (χ1n) is 11.9. The van der Waals surface area contributed by atoms with Crippen LogP contribution in [0.3, 0.4) is 0 Å². The highest BCUT2D eigenvalue weighted by Gasteiger charge is 2.27. The van der Waals surface area contributed by atoms with Crippen LogP contribution in [0.25, 0.3) is 10.4 Å². The molecule has 4 N–H and O–H groups in total. The minimum absolute atomic E-state index is 0.0909. The summed E-state index contributed by atoms with van der Waals surface area (Å²) in [6, 6.07) is 5.26. The number of alkyl carbamates (subject to hydrolysis) is 1. The number of sulfonamides is 1. The molecule has 4 rings (SSSR count). The summed E-state index contributed by atoms with van der Waals surface area (Å²) in [7, 11) is -3.74. The lowest BCUT2D eigenvalue weighted by Crippen LogP contribution is -2.38. The molecule has 0 bridgehead atoms. The number of aromatic amines is 1. The van der Waals surface area contributed by atoms with Crippen LogP contribution in [-0.2, 0) is 14.8 Å². The SMILES string of the molecule is CCNS(=O)(=O)c1cc(Nc2nnc[nH]2)ccc1-c1cnc([C@H]2CC[C@H](NC(=O)OC(C)C)CC2)s1. The summed E-state index contributed by atoms with van der Waals surface area (Å²) >= 11 is 1.51. The predicted molar refractivity (Wildman–Crippen MR) is 138 cm³/mol. The van der Waals surface area contributed by atoms with Gasteiger partial charge in [0.05, 0.1) is 20.9 Å². The minimum Gasteiger partial charge on any atom is -0.447 e. The largest absolute Gasteiger partial charge is 0.447 e. The van der Waals surface area contributed by atoms with Crippen molar-refractivity contribution in [1.82, 2.24) is 30.2 Å². The van der Waals surface area contributed by atoms with Gasteiger partial charge in [-0.3, -0.25) is 0 Å². The van der Waals surface area contributed by atoms with Crippen LogP contribution >= 0.6 is 11.3 Å². The average Bonchev–Trinajstić information content (AvgIpc) is 3.51. The van der Waals surface area contributed by atoms with E-state index >= 15 is 0 Å². The smallest absolute Gasteiger partial charge is 0.407 e. The molecule has 2 aromatic heterocycles. The second kappa shape index (κ2) is 11.4. The van der Waals surface area contributed by atoms with Crippen molar-refractivity contribution in [1.29, 1.82) is 0 Å². The Morgan fingerprint density at radius 3 is 2.69 bits per heavy atom. The fourth-order valence-corrected chi connectivity index (χ4v) is 6.67. The zero-order chi connectivity index (χ0) is 25.7. The van der Waals surface area contributed by atoms with Crippen molar-refractivity contribution < 1.29 is 17.9 Å². The van der Waals surface area contributed by atoms with Gasteiger partial charge in [-0.25, -0.2) is 22.9 Å². The average molecular weight is 534 g/mol. The first-order valence-corrected chi connectivity index (χ1v) is 14.2. The van der Waals surface area contributed by atoms with Crippen molar-refractivity contribution in [2.75, 3.05) is 11.9 Å². The van der Waals surface area contributed by atoms with Crippen molar-refractivity contribution in [2.45, 2.75) is 69.4 Å². The van der Waals surface area contributed by atoms with Crippen LogP contribution in [0.5, 0.6) is 0 Å². The number of thiazole rings is 1. The number of amides is 1. The fraction of sp³-hybridized carbons (Fsp3) is 0.478. The van der Waals surface area contributed by atoms with E-state index < -0.39 is 10.0 Å². The molecule has 1 amide bonds. The zero-order valence-electron chi connectivity index (χ0n) is 20.4. The first-order chi connectivity index (χ1) is 17.2. The summed E-state index contributed by atoms with van der Waals surface area (Å²) < 4.78 is 33.9. The molecule has 2 heterocycles. The third-order valence-electron chi connectivity index (χ3n) is 5.82. The lowest BCUT2D eigenvalue weighted by atomic mass is 9.86. The fourth-order valence-electron chi connectivity index (χ4n) is 4.20. The van der Waals surface area contributed by atoms with Crippen molar-refractivity contribution in [2.24, 2.45) is 0 Å². The highest BCUT2D eigenvalue weighted by molar-refractivity contribution is 7.89. The number of nitrogens with zero attached hydrogens (tertiary/aromatic N) is 3. The van der Waals surface area contributed by atoms with Gasteiger partial charge in [-0.05, 0) is 51.7 Å². The van der Waals surface area contributed by atoms with Crippen molar-refractivity contribution in [3.63, 3.8) is 0 Å². The normalized spacial score (nSPS) is 18.2. The third kappa shape index (κ3) is 6.39. The lowest BCUT2D eigenvalue weighted by Gasteiger charge is -2.28. The van der Waals surface area contributed by atoms with Crippen LogP contribution in [0.4, 0.5) is 16.4 Å². The highest BCUT2D eigenvalue weighted by atomic mass is 32.2. The molecule has 1 aromatic carbocycles. The molecule has 0 radical (unpaired) electrons. The van der Waals surface area contributed by atoms with Gasteiger partial charge in [-0.1, -0.05) is 13.0 Å². The quantitative estimate of drug-likeness (QED) is 0.320. The molecule has 0 spiro atoms. The van der Waals surface area contributed by atoms with Gasteiger partial charge in [-0.15, -0.1) is 21.5 Å². The Labute approximate surface area is 214 Å². The Balaban J connectivity index is 1.51. The van der Waals surface area contributed by atoms with Crippen molar-refractivity contribution >= 4 is 39.1 Å². The summed E-state index contributed by atoms with van der Waals surface area (Å²) in [6.45, 7) is 5.67. The molecule has 1 saturated carbocycles. The Bertz CT molecular complexity index is 1270. The molecule has 36 heavy (non-hydrogen) atoms. The second-order valence-electron chi connectivity index (χ2n) is 8.88. The van der Waals surface area contributed by atoms with Gasteiger partial charge < -0.3 is 20.4 Å². The monoisotopic (exact) mass is 533 g/mol. The molecule has 0 unspecified atom stereocenters. The number of benzene rings is 1. The summed E-state index contributed by atoms with van der Waals surface area (Å²) in [5.41, 5.74) is 1.16. The number of anilines is 2. The Kier molecular flexibility index (Phi) is 8.21. The van der Waals surface area contributed by atoms with Crippen LogP contribution in [0.2, 0.25) is 0 Å². The minimum atomic E-state index is -3.74. The number of nitrogens with one attached hydrogen (secondary N) is 4. The highest BCUT2D eigenvalue weighted by Crippen LogP contribution is 2.40. The number of hydrogen-bond donors (Lipinski definition) is 4. The number of aromatic nitrogens is 4. The topological polar surface area (TPSA) is 151 Å². The lowest BCUT2D eigenvalue weighted by molar-refractivity contribution is 0.109. The van der Waals surface area contributed by atoms with Crippen molar-refractivity contribution in [3.8, 4) is 10.4 Å². The number of rotatable bonds is 9. The number of ether oxygens (including phenoxy) is 1. The van der Waals surface area contributed by atoms with Crippen LogP contribution in [-0.4, -0.2) is 53.4 Å². The Morgan fingerprint density at radius 2 is 2.03 bits per heavy atom. The van der Waals surface area contributed by atoms with Crippen molar-refractivity contribution in [3.05, 3.63) is 35.7 Å². The Morgan fingerprint density at radius 1 is 1.25 bits per heavy atom. The summed E-state index contributed by atoms with van der Waals surface area (Å²) in [5.74, 6) is 0.682. The summed E-state index contributed by atoms with van der Waals surface area (Å²) in [5, 5.41) is 14.6. The van der Waals surface area contributed by atoms with E-state index in [1.807, 2.05) is 13.8 Å². The molecule has 0 atom stereocenters.